The van der Waals surface area contributed by atoms with E-state index in [1.807, 2.05) is 0 Å². The Morgan fingerprint density at radius 1 is 0.684 bits per heavy atom. The molecular weight excluding hydrogens is 255 g/mol. The van der Waals surface area contributed by atoms with Gasteiger partial charge in [-0.1, -0.05) is 77.6 Å². The molecule has 0 rings (SSSR count). The molecule has 0 aromatic carbocycles. The van der Waals surface area contributed by atoms with Gasteiger partial charge in [0, 0.05) is 0 Å². The molecule has 0 saturated carbocycles. The molecule has 0 spiro atoms. The average Bonchev–Trinajstić information content (AvgIpc) is 2.29. The summed E-state index contributed by atoms with van der Waals surface area (Å²) in [4.78, 5) is 0. The van der Waals surface area contributed by atoms with Gasteiger partial charge >= 0.3 is 18.9 Å². The second-order valence-electron chi connectivity index (χ2n) is 5.18. The fraction of sp³-hybridized carbons (Fsp3) is 1.00. The van der Waals surface area contributed by atoms with Crippen LogP contribution in [-0.2, 0) is 10.1 Å². The van der Waals surface area contributed by atoms with E-state index in [1.54, 1.807) is 0 Å². The van der Waals surface area contributed by atoms with Crippen LogP contribution in [0.2, 0.25) is 0 Å². The minimum absolute atomic E-state index is 0. The van der Waals surface area contributed by atoms with Crippen molar-refractivity contribution in [2.45, 2.75) is 84.0 Å². The Kier molecular flexibility index (Phi) is 17.1. The molecule has 0 aliphatic carbocycles. The van der Waals surface area contributed by atoms with Crippen LogP contribution in [-0.4, -0.2) is 37.6 Å². The summed E-state index contributed by atoms with van der Waals surface area (Å²) >= 11 is 0. The van der Waals surface area contributed by atoms with Crippen LogP contribution in [0, 0.1) is 0 Å². The summed E-state index contributed by atoms with van der Waals surface area (Å²) in [5.74, 6) is -0.0789. The van der Waals surface area contributed by atoms with Gasteiger partial charge in [-0.15, -0.1) is 0 Å². The second kappa shape index (κ2) is 14.9. The first kappa shape index (κ1) is 21.8. The standard InChI is InChI=1S/C14H30O3S.Li.H/c1-2-3-4-5-6-7-8-9-10-11-12-13-14-18(15,16)17;;/h2-14H2,1H3,(H,15,16,17);;. The van der Waals surface area contributed by atoms with Crippen molar-refractivity contribution in [2.24, 2.45) is 0 Å². The van der Waals surface area contributed by atoms with Crippen LogP contribution < -0.4 is 0 Å². The SMILES string of the molecule is CCCCCCCCCCCCCCS(=O)(=O)O.[LiH]. The van der Waals surface area contributed by atoms with Crippen molar-refractivity contribution in [1.82, 2.24) is 0 Å². The zero-order valence-electron chi connectivity index (χ0n) is 11.9. The zero-order valence-corrected chi connectivity index (χ0v) is 12.7. The van der Waals surface area contributed by atoms with E-state index in [0.29, 0.717) is 6.42 Å². The van der Waals surface area contributed by atoms with Crippen molar-refractivity contribution < 1.29 is 13.0 Å². The van der Waals surface area contributed by atoms with Crippen molar-refractivity contribution in [3.05, 3.63) is 0 Å². The van der Waals surface area contributed by atoms with E-state index in [-0.39, 0.29) is 24.6 Å². The van der Waals surface area contributed by atoms with Crippen LogP contribution in [0.5, 0.6) is 0 Å². The quantitative estimate of drug-likeness (QED) is 0.317. The van der Waals surface area contributed by atoms with E-state index in [2.05, 4.69) is 6.92 Å². The van der Waals surface area contributed by atoms with Crippen molar-refractivity contribution in [3.8, 4) is 0 Å². The van der Waals surface area contributed by atoms with Gasteiger partial charge in [-0.2, -0.15) is 8.42 Å². The number of rotatable bonds is 13. The summed E-state index contributed by atoms with van der Waals surface area (Å²) in [6.07, 6.45) is 14.5. The van der Waals surface area contributed by atoms with Crippen LogP contribution in [0.1, 0.15) is 84.0 Å². The molecule has 0 unspecified atom stereocenters. The molecule has 0 radical (unpaired) electrons. The number of unbranched alkanes of at least 4 members (excludes halogenated alkanes) is 11. The Morgan fingerprint density at radius 2 is 1.00 bits per heavy atom. The minimum atomic E-state index is -3.74. The van der Waals surface area contributed by atoms with E-state index in [4.69, 9.17) is 4.55 Å². The number of hydrogen-bond acceptors (Lipinski definition) is 2. The van der Waals surface area contributed by atoms with Gasteiger partial charge in [0.15, 0.2) is 0 Å². The Hall–Kier alpha value is 0.507. The molecule has 0 atom stereocenters. The molecule has 0 aliphatic heterocycles. The molecule has 0 fully saturated rings. The summed E-state index contributed by atoms with van der Waals surface area (Å²) in [6, 6.07) is 0. The van der Waals surface area contributed by atoms with Gasteiger partial charge in [-0.05, 0) is 6.42 Å². The summed E-state index contributed by atoms with van der Waals surface area (Å²) < 4.78 is 29.5. The second-order valence-corrected chi connectivity index (χ2v) is 6.75. The molecule has 1 N–H and O–H groups in total. The molecule has 112 valence electrons. The van der Waals surface area contributed by atoms with E-state index in [9.17, 15) is 8.42 Å². The maximum absolute atomic E-state index is 10.5. The van der Waals surface area contributed by atoms with Gasteiger partial charge in [0.05, 0.1) is 5.75 Å². The summed E-state index contributed by atoms with van der Waals surface area (Å²) in [6.45, 7) is 2.24. The zero-order chi connectivity index (χ0) is 13.7. The molecule has 19 heavy (non-hydrogen) atoms. The van der Waals surface area contributed by atoms with Gasteiger partial charge in [0.2, 0.25) is 0 Å². The third-order valence-electron chi connectivity index (χ3n) is 3.26. The Balaban J connectivity index is 0. The molecule has 0 amide bonds. The van der Waals surface area contributed by atoms with E-state index in [0.717, 1.165) is 12.8 Å². The molecule has 5 heteroatoms. The van der Waals surface area contributed by atoms with Crippen molar-refractivity contribution >= 4 is 29.0 Å². The fourth-order valence-electron chi connectivity index (χ4n) is 2.13. The van der Waals surface area contributed by atoms with Crippen LogP contribution >= 0.6 is 0 Å². The van der Waals surface area contributed by atoms with Gasteiger partial charge in [0.1, 0.15) is 0 Å². The molecule has 0 bridgehead atoms. The van der Waals surface area contributed by atoms with Crippen molar-refractivity contribution in [1.29, 1.82) is 0 Å². The third kappa shape index (κ3) is 21.0. The van der Waals surface area contributed by atoms with Crippen LogP contribution in [0.25, 0.3) is 0 Å². The van der Waals surface area contributed by atoms with Gasteiger partial charge in [0.25, 0.3) is 10.1 Å². The monoisotopic (exact) mass is 286 g/mol. The van der Waals surface area contributed by atoms with Crippen LogP contribution in [0.3, 0.4) is 0 Å². The van der Waals surface area contributed by atoms with E-state index < -0.39 is 10.1 Å². The van der Waals surface area contributed by atoms with Gasteiger partial charge in [-0.3, -0.25) is 4.55 Å². The van der Waals surface area contributed by atoms with Crippen LogP contribution in [0.15, 0.2) is 0 Å². The molecule has 3 nitrogen and oxygen atoms in total. The van der Waals surface area contributed by atoms with E-state index >= 15 is 0 Å². The Labute approximate surface area is 131 Å². The average molecular weight is 286 g/mol. The van der Waals surface area contributed by atoms with Crippen molar-refractivity contribution in [3.63, 3.8) is 0 Å². The number of hydrogen-bond donors (Lipinski definition) is 1. The first-order chi connectivity index (χ1) is 8.56. The summed E-state index contributed by atoms with van der Waals surface area (Å²) in [5, 5.41) is 0. The van der Waals surface area contributed by atoms with E-state index in [1.165, 1.54) is 57.8 Å². The first-order valence-electron chi connectivity index (χ1n) is 7.51. The first-order valence-corrected chi connectivity index (χ1v) is 9.12. The fourth-order valence-corrected chi connectivity index (χ4v) is 2.69. The molecule has 0 saturated heterocycles. The molecular formula is C14H31LiO3S. The maximum atomic E-state index is 10.5. The third-order valence-corrected chi connectivity index (χ3v) is 4.06. The Bertz CT molecular complexity index is 266. The van der Waals surface area contributed by atoms with Gasteiger partial charge in [-0.25, -0.2) is 0 Å². The predicted octanol–water partition coefficient (Wildman–Crippen LogP) is 3.93. The normalized spacial score (nSPS) is 11.3. The van der Waals surface area contributed by atoms with Crippen molar-refractivity contribution in [2.75, 3.05) is 5.75 Å². The topological polar surface area (TPSA) is 54.4 Å². The molecule has 0 heterocycles. The predicted molar refractivity (Wildman–Crippen MR) is 84.6 cm³/mol. The van der Waals surface area contributed by atoms with Gasteiger partial charge < -0.3 is 0 Å². The summed E-state index contributed by atoms with van der Waals surface area (Å²) in [5.41, 5.74) is 0. The van der Waals surface area contributed by atoms with Crippen LogP contribution in [0.4, 0.5) is 0 Å². The molecule has 0 aromatic rings. The summed E-state index contributed by atoms with van der Waals surface area (Å²) in [7, 11) is -3.74. The Morgan fingerprint density at radius 3 is 1.32 bits per heavy atom. The molecule has 0 aliphatic rings. The molecule has 0 aromatic heterocycles.